The molecule has 108 valence electrons. The smallest absolute Gasteiger partial charge is 0.129 e. The molecule has 1 heterocycles. The van der Waals surface area contributed by atoms with Crippen molar-refractivity contribution >= 4 is 5.69 Å². The van der Waals surface area contributed by atoms with Crippen molar-refractivity contribution in [3.63, 3.8) is 0 Å². The fourth-order valence-corrected chi connectivity index (χ4v) is 1.96. The Hall–Kier alpha value is -1.94. The molecule has 0 radical (unpaired) electrons. The molecule has 0 unspecified atom stereocenters. The van der Waals surface area contributed by atoms with Gasteiger partial charge in [-0.2, -0.15) is 0 Å². The number of aryl methyl sites for hydroxylation is 1. The van der Waals surface area contributed by atoms with Crippen LogP contribution in [0.1, 0.15) is 30.9 Å². The van der Waals surface area contributed by atoms with Crippen LogP contribution >= 0.6 is 0 Å². The van der Waals surface area contributed by atoms with Gasteiger partial charge in [-0.15, -0.1) is 0 Å². The number of furan rings is 1. The predicted octanol–water partition coefficient (Wildman–Crippen LogP) is 3.48. The second kappa shape index (κ2) is 6.48. The third-order valence-electron chi connectivity index (χ3n) is 2.90. The van der Waals surface area contributed by atoms with Crippen molar-refractivity contribution in [2.45, 2.75) is 40.0 Å². The van der Waals surface area contributed by atoms with Crippen molar-refractivity contribution < 1.29 is 14.3 Å². The lowest BCUT2D eigenvalue weighted by atomic mass is 10.2. The number of benzene rings is 1. The summed E-state index contributed by atoms with van der Waals surface area (Å²) in [4.78, 5) is 0. The maximum atomic E-state index is 8.95. The van der Waals surface area contributed by atoms with E-state index in [2.05, 4.69) is 5.32 Å². The molecule has 0 aliphatic rings. The van der Waals surface area contributed by atoms with Crippen molar-refractivity contribution in [3.05, 3.63) is 47.4 Å². The Labute approximate surface area is 119 Å². The molecule has 0 fully saturated rings. The van der Waals surface area contributed by atoms with E-state index >= 15 is 0 Å². The van der Waals surface area contributed by atoms with Gasteiger partial charge in [0.1, 0.15) is 23.9 Å². The number of aliphatic hydroxyl groups excluding tert-OH is 1. The zero-order valence-corrected chi connectivity index (χ0v) is 12.1. The summed E-state index contributed by atoms with van der Waals surface area (Å²) in [5.74, 6) is 2.26. The molecule has 0 saturated carbocycles. The van der Waals surface area contributed by atoms with Gasteiger partial charge in [0.2, 0.25) is 0 Å². The topological polar surface area (TPSA) is 54.6 Å². The first-order valence-electron chi connectivity index (χ1n) is 6.78. The minimum atomic E-state index is -0.0692. The van der Waals surface area contributed by atoms with E-state index in [1.165, 1.54) is 0 Å². The molecule has 0 saturated heterocycles. The van der Waals surface area contributed by atoms with Crippen LogP contribution in [0.5, 0.6) is 5.75 Å². The highest BCUT2D eigenvalue weighted by molar-refractivity contribution is 5.53. The Morgan fingerprint density at radius 1 is 1.20 bits per heavy atom. The van der Waals surface area contributed by atoms with E-state index in [1.807, 2.05) is 45.0 Å². The Kier molecular flexibility index (Phi) is 4.69. The van der Waals surface area contributed by atoms with Crippen molar-refractivity contribution in [1.29, 1.82) is 0 Å². The normalized spacial score (nSPS) is 10.8. The first-order valence-corrected chi connectivity index (χ1v) is 6.78. The number of hydrogen-bond acceptors (Lipinski definition) is 4. The second-order valence-corrected chi connectivity index (χ2v) is 5.02. The van der Waals surface area contributed by atoms with E-state index in [0.29, 0.717) is 12.3 Å². The summed E-state index contributed by atoms with van der Waals surface area (Å²) in [6, 6.07) is 9.62. The van der Waals surface area contributed by atoms with Crippen molar-refractivity contribution in [2.24, 2.45) is 0 Å². The van der Waals surface area contributed by atoms with Crippen LogP contribution in [0.4, 0.5) is 5.69 Å². The molecule has 0 atom stereocenters. The lowest BCUT2D eigenvalue weighted by Crippen LogP contribution is -2.06. The third kappa shape index (κ3) is 3.78. The van der Waals surface area contributed by atoms with E-state index in [0.717, 1.165) is 22.8 Å². The van der Waals surface area contributed by atoms with Gasteiger partial charge in [-0.1, -0.05) is 0 Å². The average molecular weight is 275 g/mol. The van der Waals surface area contributed by atoms with E-state index < -0.39 is 0 Å². The molecule has 4 heteroatoms. The van der Waals surface area contributed by atoms with Crippen LogP contribution < -0.4 is 10.1 Å². The molecule has 1 aromatic carbocycles. The van der Waals surface area contributed by atoms with Crippen LogP contribution in [0.3, 0.4) is 0 Å². The molecular weight excluding hydrogens is 254 g/mol. The maximum Gasteiger partial charge on any atom is 0.129 e. The Balaban J connectivity index is 1.99. The molecule has 0 aliphatic carbocycles. The van der Waals surface area contributed by atoms with Gasteiger partial charge in [0, 0.05) is 5.69 Å². The molecule has 0 spiro atoms. The summed E-state index contributed by atoms with van der Waals surface area (Å²) < 4.78 is 11.1. The molecule has 20 heavy (non-hydrogen) atoms. The lowest BCUT2D eigenvalue weighted by molar-refractivity contribution is 0.242. The predicted molar refractivity (Wildman–Crippen MR) is 78.9 cm³/mol. The summed E-state index contributed by atoms with van der Waals surface area (Å²) in [5.41, 5.74) is 2.17. The monoisotopic (exact) mass is 275 g/mol. The molecule has 4 nitrogen and oxygen atoms in total. The standard InChI is InChI=1S/C16H21NO3/c1-11(2)19-13-6-7-16(12(3)8-13)17-9-14-4-5-15(10-18)20-14/h4-8,11,17-18H,9-10H2,1-3H3. The number of nitrogens with one attached hydrogen (secondary N) is 1. The zero-order valence-electron chi connectivity index (χ0n) is 12.1. The number of anilines is 1. The van der Waals surface area contributed by atoms with E-state index in [9.17, 15) is 0 Å². The van der Waals surface area contributed by atoms with E-state index in [-0.39, 0.29) is 12.7 Å². The Bertz CT molecular complexity index is 561. The van der Waals surface area contributed by atoms with Crippen molar-refractivity contribution in [2.75, 3.05) is 5.32 Å². The molecule has 2 rings (SSSR count). The van der Waals surface area contributed by atoms with Crippen LogP contribution in [-0.4, -0.2) is 11.2 Å². The second-order valence-electron chi connectivity index (χ2n) is 5.02. The number of hydrogen-bond donors (Lipinski definition) is 2. The first kappa shape index (κ1) is 14.5. The van der Waals surface area contributed by atoms with Crippen LogP contribution in [0.25, 0.3) is 0 Å². The third-order valence-corrected chi connectivity index (χ3v) is 2.90. The van der Waals surface area contributed by atoms with Crippen molar-refractivity contribution in [3.8, 4) is 5.75 Å². The zero-order chi connectivity index (χ0) is 14.5. The summed E-state index contributed by atoms with van der Waals surface area (Å²) in [6.45, 7) is 6.58. The maximum absolute atomic E-state index is 8.95. The molecule has 0 aliphatic heterocycles. The van der Waals surface area contributed by atoms with Gasteiger partial charge < -0.3 is 19.6 Å². The highest BCUT2D eigenvalue weighted by Crippen LogP contribution is 2.23. The molecule has 1 aromatic heterocycles. The highest BCUT2D eigenvalue weighted by atomic mass is 16.5. The number of ether oxygens (including phenoxy) is 1. The van der Waals surface area contributed by atoms with Gasteiger partial charge in [0.05, 0.1) is 12.6 Å². The quantitative estimate of drug-likeness (QED) is 0.847. The summed E-state index contributed by atoms with van der Waals surface area (Å²) in [7, 11) is 0. The van der Waals surface area contributed by atoms with Gasteiger partial charge >= 0.3 is 0 Å². The highest BCUT2D eigenvalue weighted by Gasteiger charge is 2.04. The lowest BCUT2D eigenvalue weighted by Gasteiger charge is -2.13. The van der Waals surface area contributed by atoms with Crippen molar-refractivity contribution in [1.82, 2.24) is 0 Å². The minimum Gasteiger partial charge on any atom is -0.491 e. The van der Waals surface area contributed by atoms with Crippen LogP contribution in [0.2, 0.25) is 0 Å². The van der Waals surface area contributed by atoms with E-state index in [1.54, 1.807) is 6.07 Å². The summed E-state index contributed by atoms with van der Waals surface area (Å²) in [6.07, 6.45) is 0.174. The van der Waals surface area contributed by atoms with Gasteiger partial charge in [0.25, 0.3) is 0 Å². The number of rotatable bonds is 6. The van der Waals surface area contributed by atoms with Crippen LogP contribution in [-0.2, 0) is 13.2 Å². The Morgan fingerprint density at radius 3 is 2.55 bits per heavy atom. The average Bonchev–Trinajstić information content (AvgIpc) is 2.85. The van der Waals surface area contributed by atoms with Gasteiger partial charge in [0.15, 0.2) is 0 Å². The molecule has 0 amide bonds. The molecule has 0 bridgehead atoms. The van der Waals surface area contributed by atoms with Gasteiger partial charge in [-0.25, -0.2) is 0 Å². The van der Waals surface area contributed by atoms with Gasteiger partial charge in [-0.05, 0) is 56.7 Å². The largest absolute Gasteiger partial charge is 0.491 e. The van der Waals surface area contributed by atoms with Gasteiger partial charge in [-0.3, -0.25) is 0 Å². The minimum absolute atomic E-state index is 0.0692. The molecule has 2 N–H and O–H groups in total. The molecular formula is C16H21NO3. The van der Waals surface area contributed by atoms with Crippen LogP contribution in [0.15, 0.2) is 34.7 Å². The fourth-order valence-electron chi connectivity index (χ4n) is 1.96. The van der Waals surface area contributed by atoms with E-state index in [4.69, 9.17) is 14.3 Å². The fraction of sp³-hybridized carbons (Fsp3) is 0.375. The number of aliphatic hydroxyl groups is 1. The molecule has 2 aromatic rings. The SMILES string of the molecule is Cc1cc(OC(C)C)ccc1NCc1ccc(CO)o1. The summed E-state index contributed by atoms with van der Waals surface area (Å²) >= 11 is 0. The Morgan fingerprint density at radius 2 is 1.95 bits per heavy atom. The summed E-state index contributed by atoms with van der Waals surface area (Å²) in [5, 5.41) is 12.3. The van der Waals surface area contributed by atoms with Crippen LogP contribution in [0, 0.1) is 6.92 Å². The first-order chi connectivity index (χ1) is 9.58.